The number of sulfonamides is 1. The fraction of sp³-hybridized carbons (Fsp3) is 0.462. The Morgan fingerprint density at radius 3 is 2.29 bits per heavy atom. The Labute approximate surface area is 123 Å². The molecule has 2 rings (SSSR count). The van der Waals surface area contributed by atoms with Gasteiger partial charge in [-0.15, -0.1) is 0 Å². The van der Waals surface area contributed by atoms with Crippen LogP contribution in [0.5, 0.6) is 0 Å². The minimum absolute atomic E-state index is 0.0749. The zero-order valence-electron chi connectivity index (χ0n) is 11.5. The fourth-order valence-corrected chi connectivity index (χ4v) is 3.65. The first-order chi connectivity index (χ1) is 10.1. The normalized spacial score (nSPS) is 17.4. The molecule has 1 N–H and O–H groups in total. The van der Waals surface area contributed by atoms with Gasteiger partial charge in [-0.25, -0.2) is 13.2 Å². The third kappa shape index (κ3) is 3.75. The smallest absolute Gasteiger partial charge is 0.243 e. The average Bonchev–Trinajstić information content (AvgIpc) is 2.49. The van der Waals surface area contributed by atoms with Crippen molar-refractivity contribution in [3.63, 3.8) is 0 Å². The molecule has 8 heteroatoms. The number of aliphatic hydroxyl groups is 1. The second-order valence-electron chi connectivity index (χ2n) is 4.67. The van der Waals surface area contributed by atoms with Gasteiger partial charge in [0.05, 0.1) is 17.2 Å². The molecule has 0 atom stereocenters. The van der Waals surface area contributed by atoms with Gasteiger partial charge in [0.25, 0.3) is 0 Å². The number of carbonyl (C=O) groups excluding carboxylic acids is 1. The van der Waals surface area contributed by atoms with Crippen LogP contribution in [0.3, 0.4) is 0 Å². The lowest BCUT2D eigenvalue weighted by atomic mass is 10.3. The van der Waals surface area contributed by atoms with E-state index in [0.717, 1.165) is 0 Å². The van der Waals surface area contributed by atoms with E-state index in [1.807, 2.05) is 4.90 Å². The van der Waals surface area contributed by atoms with Crippen LogP contribution in [-0.2, 0) is 14.8 Å². The van der Waals surface area contributed by atoms with E-state index in [1.165, 1.54) is 34.7 Å². The average molecular weight is 311 g/mol. The summed E-state index contributed by atoms with van der Waals surface area (Å²) in [6, 6.07) is 5.82. The van der Waals surface area contributed by atoms with E-state index in [0.29, 0.717) is 38.4 Å². The van der Waals surface area contributed by atoms with Crippen molar-refractivity contribution in [3.05, 3.63) is 24.3 Å². The molecule has 1 fully saturated rings. The Morgan fingerprint density at radius 1 is 1.14 bits per heavy atom. The fourth-order valence-electron chi connectivity index (χ4n) is 2.23. The van der Waals surface area contributed by atoms with Gasteiger partial charge in [-0.1, -0.05) is 0 Å². The van der Waals surface area contributed by atoms with Crippen LogP contribution in [0.25, 0.3) is 0 Å². The number of nitrogens with zero attached hydrogens (tertiary/aromatic N) is 3. The predicted octanol–water partition coefficient (Wildman–Crippen LogP) is -0.0475. The molecule has 1 saturated heterocycles. The lowest BCUT2D eigenvalue weighted by Crippen LogP contribution is -2.49. The SMILES string of the molecule is O=C=Nc1ccc(S(=O)(=O)N2CCN(CCO)CC2)cc1. The standard InChI is InChI=1S/C13H17N3O4S/c17-10-9-15-5-7-16(8-6-15)21(19,20)13-3-1-12(2-4-13)14-11-18/h1-4,17H,5-10H2. The van der Waals surface area contributed by atoms with Gasteiger partial charge in [-0.2, -0.15) is 9.30 Å². The van der Waals surface area contributed by atoms with E-state index in [1.54, 1.807) is 0 Å². The number of aliphatic imine (C=N–C) groups is 1. The number of aliphatic hydroxyl groups excluding tert-OH is 1. The lowest BCUT2D eigenvalue weighted by molar-refractivity contribution is 0.151. The van der Waals surface area contributed by atoms with Gasteiger partial charge >= 0.3 is 0 Å². The number of hydrogen-bond donors (Lipinski definition) is 1. The van der Waals surface area contributed by atoms with Crippen molar-refractivity contribution >= 4 is 21.8 Å². The Balaban J connectivity index is 2.10. The van der Waals surface area contributed by atoms with E-state index in [2.05, 4.69) is 4.99 Å². The highest BCUT2D eigenvalue weighted by Crippen LogP contribution is 2.20. The number of benzene rings is 1. The summed E-state index contributed by atoms with van der Waals surface area (Å²) in [5, 5.41) is 8.88. The Morgan fingerprint density at radius 2 is 1.76 bits per heavy atom. The topological polar surface area (TPSA) is 90.3 Å². The van der Waals surface area contributed by atoms with Gasteiger partial charge in [-0.05, 0) is 24.3 Å². The monoisotopic (exact) mass is 311 g/mol. The quantitative estimate of drug-likeness (QED) is 0.608. The summed E-state index contributed by atoms with van der Waals surface area (Å²) in [5.41, 5.74) is 0.372. The highest BCUT2D eigenvalue weighted by atomic mass is 32.2. The van der Waals surface area contributed by atoms with Crippen molar-refractivity contribution in [2.75, 3.05) is 39.3 Å². The maximum absolute atomic E-state index is 12.5. The van der Waals surface area contributed by atoms with Crippen molar-refractivity contribution < 1.29 is 18.3 Å². The van der Waals surface area contributed by atoms with Gasteiger partial charge < -0.3 is 5.11 Å². The van der Waals surface area contributed by atoms with Crippen LogP contribution >= 0.6 is 0 Å². The van der Waals surface area contributed by atoms with Crippen molar-refractivity contribution in [3.8, 4) is 0 Å². The van der Waals surface area contributed by atoms with Crippen LogP contribution < -0.4 is 0 Å². The predicted molar refractivity (Wildman–Crippen MR) is 76.5 cm³/mol. The van der Waals surface area contributed by atoms with E-state index < -0.39 is 10.0 Å². The van der Waals surface area contributed by atoms with Gasteiger partial charge in [0.1, 0.15) is 0 Å². The summed E-state index contributed by atoms with van der Waals surface area (Å²) in [4.78, 5) is 15.8. The van der Waals surface area contributed by atoms with Crippen molar-refractivity contribution in [2.24, 2.45) is 4.99 Å². The molecule has 0 spiro atoms. The van der Waals surface area contributed by atoms with E-state index in [-0.39, 0.29) is 11.5 Å². The lowest BCUT2D eigenvalue weighted by Gasteiger charge is -2.33. The molecular weight excluding hydrogens is 294 g/mol. The molecule has 0 aromatic heterocycles. The second kappa shape index (κ2) is 6.93. The summed E-state index contributed by atoms with van der Waals surface area (Å²) in [6.45, 7) is 2.64. The van der Waals surface area contributed by atoms with Crippen molar-refractivity contribution in [2.45, 2.75) is 4.90 Å². The molecular formula is C13H17N3O4S. The summed E-state index contributed by atoms with van der Waals surface area (Å²) in [6.07, 6.45) is 1.41. The molecule has 7 nitrogen and oxygen atoms in total. The molecule has 0 radical (unpaired) electrons. The van der Waals surface area contributed by atoms with Crippen LogP contribution in [0.2, 0.25) is 0 Å². The third-order valence-electron chi connectivity index (χ3n) is 3.40. The molecule has 0 unspecified atom stereocenters. The summed E-state index contributed by atoms with van der Waals surface area (Å²) < 4.78 is 26.4. The molecule has 1 aromatic rings. The Kier molecular flexibility index (Phi) is 5.22. The van der Waals surface area contributed by atoms with Crippen molar-refractivity contribution in [1.82, 2.24) is 9.21 Å². The maximum atomic E-state index is 12.5. The van der Waals surface area contributed by atoms with Gasteiger partial charge in [-0.3, -0.25) is 4.90 Å². The Hall–Kier alpha value is -1.57. The molecule has 0 bridgehead atoms. The molecule has 0 aliphatic carbocycles. The van der Waals surface area contributed by atoms with Crippen LogP contribution in [0.1, 0.15) is 0 Å². The van der Waals surface area contributed by atoms with E-state index in [9.17, 15) is 13.2 Å². The number of β-amino-alcohol motifs (C(OH)–C–C–N with tert-alkyl or cyclic N) is 1. The largest absolute Gasteiger partial charge is 0.395 e. The van der Waals surface area contributed by atoms with Crippen LogP contribution in [0.4, 0.5) is 5.69 Å². The summed E-state index contributed by atoms with van der Waals surface area (Å²) in [5.74, 6) is 0. The number of piperazine rings is 1. The number of rotatable bonds is 5. The molecule has 1 aliphatic rings. The number of hydrogen-bond acceptors (Lipinski definition) is 6. The molecule has 21 heavy (non-hydrogen) atoms. The summed E-state index contributed by atoms with van der Waals surface area (Å²) in [7, 11) is -3.53. The highest BCUT2D eigenvalue weighted by Gasteiger charge is 2.28. The van der Waals surface area contributed by atoms with Gasteiger partial charge in [0.15, 0.2) is 0 Å². The van der Waals surface area contributed by atoms with E-state index >= 15 is 0 Å². The minimum Gasteiger partial charge on any atom is -0.395 e. The molecule has 0 amide bonds. The van der Waals surface area contributed by atoms with E-state index in [4.69, 9.17) is 5.11 Å². The molecule has 1 aliphatic heterocycles. The Bertz CT molecular complexity index is 615. The highest BCUT2D eigenvalue weighted by molar-refractivity contribution is 7.89. The maximum Gasteiger partial charge on any atom is 0.243 e. The zero-order chi connectivity index (χ0) is 15.3. The minimum atomic E-state index is -3.53. The van der Waals surface area contributed by atoms with Gasteiger partial charge in [0, 0.05) is 32.7 Å². The van der Waals surface area contributed by atoms with Crippen molar-refractivity contribution in [1.29, 1.82) is 0 Å². The third-order valence-corrected chi connectivity index (χ3v) is 5.31. The first-order valence-electron chi connectivity index (χ1n) is 6.59. The number of isocyanates is 1. The van der Waals surface area contributed by atoms with Crippen LogP contribution in [-0.4, -0.2) is 68.1 Å². The zero-order valence-corrected chi connectivity index (χ0v) is 12.3. The van der Waals surface area contributed by atoms with Crippen LogP contribution in [0, 0.1) is 0 Å². The summed E-state index contributed by atoms with van der Waals surface area (Å²) >= 11 is 0. The first kappa shape index (κ1) is 15.8. The molecule has 1 heterocycles. The second-order valence-corrected chi connectivity index (χ2v) is 6.60. The molecule has 1 aromatic carbocycles. The van der Waals surface area contributed by atoms with Crippen LogP contribution in [0.15, 0.2) is 34.2 Å². The van der Waals surface area contributed by atoms with Gasteiger partial charge in [0.2, 0.25) is 16.1 Å². The first-order valence-corrected chi connectivity index (χ1v) is 8.03. The molecule has 0 saturated carbocycles. The molecule has 114 valence electrons.